The first kappa shape index (κ1) is 13.2. The van der Waals surface area contributed by atoms with Crippen molar-refractivity contribution in [2.75, 3.05) is 11.4 Å². The van der Waals surface area contributed by atoms with Gasteiger partial charge in [0.15, 0.2) is 0 Å². The van der Waals surface area contributed by atoms with Gasteiger partial charge in [0.25, 0.3) is 0 Å². The van der Waals surface area contributed by atoms with Crippen molar-refractivity contribution in [3.63, 3.8) is 0 Å². The van der Waals surface area contributed by atoms with E-state index < -0.39 is 0 Å². The van der Waals surface area contributed by atoms with Gasteiger partial charge in [0.05, 0.1) is 0 Å². The van der Waals surface area contributed by atoms with Gasteiger partial charge < -0.3 is 10.2 Å². The van der Waals surface area contributed by atoms with Crippen LogP contribution in [0.5, 0.6) is 0 Å². The van der Waals surface area contributed by atoms with Gasteiger partial charge in [-0.15, -0.1) is 0 Å². The molecule has 1 aliphatic heterocycles. The minimum atomic E-state index is 0.474. The quantitative estimate of drug-likeness (QED) is 0.841. The lowest BCUT2D eigenvalue weighted by Gasteiger charge is -2.29. The maximum Gasteiger partial charge on any atom is 0.0470 e. The van der Waals surface area contributed by atoms with Crippen LogP contribution in [0.2, 0.25) is 0 Å². The van der Waals surface area contributed by atoms with Gasteiger partial charge in [-0.1, -0.05) is 36.4 Å². The number of hydrogen-bond acceptors (Lipinski definition) is 2. The van der Waals surface area contributed by atoms with Crippen LogP contribution < -0.4 is 10.2 Å². The zero-order chi connectivity index (χ0) is 14.1. The summed E-state index contributed by atoms with van der Waals surface area (Å²) in [5, 5.41) is 3.60. The number of rotatable bonds is 1. The topological polar surface area (TPSA) is 15.3 Å². The normalized spacial score (nSPS) is 18.6. The van der Waals surface area contributed by atoms with Gasteiger partial charge in [0, 0.05) is 30.5 Å². The Kier molecular flexibility index (Phi) is 3.49. The van der Waals surface area contributed by atoms with Crippen molar-refractivity contribution in [1.29, 1.82) is 0 Å². The van der Waals surface area contributed by atoms with Crippen LogP contribution in [-0.4, -0.2) is 12.6 Å². The molecule has 1 heterocycles. The highest BCUT2D eigenvalue weighted by Gasteiger charge is 2.22. The number of para-hydroxylation sites is 2. The van der Waals surface area contributed by atoms with E-state index in [1.54, 1.807) is 0 Å². The lowest BCUT2D eigenvalue weighted by atomic mass is 10.1. The van der Waals surface area contributed by atoms with E-state index >= 15 is 0 Å². The Labute approximate surface area is 121 Å². The highest BCUT2D eigenvalue weighted by Crippen LogP contribution is 2.34. The highest BCUT2D eigenvalue weighted by molar-refractivity contribution is 5.72. The number of nitrogens with one attached hydrogen (secondary N) is 1. The minimum Gasteiger partial charge on any atom is -0.339 e. The number of aryl methyl sites for hydroxylation is 2. The summed E-state index contributed by atoms with van der Waals surface area (Å²) in [6.07, 6.45) is 0. The van der Waals surface area contributed by atoms with Crippen LogP contribution in [0.1, 0.15) is 23.6 Å². The van der Waals surface area contributed by atoms with Gasteiger partial charge >= 0.3 is 0 Å². The van der Waals surface area contributed by atoms with Crippen molar-refractivity contribution in [3.05, 3.63) is 59.2 Å². The number of anilines is 2. The van der Waals surface area contributed by atoms with Crippen LogP contribution in [-0.2, 0) is 6.54 Å². The SMILES string of the molecule is Cc1cccc(C)c1N1CC(C)NCc2ccccc21. The van der Waals surface area contributed by atoms with E-state index in [2.05, 4.69) is 73.5 Å². The Morgan fingerprint density at radius 1 is 1.00 bits per heavy atom. The van der Waals surface area contributed by atoms with Gasteiger partial charge in [-0.05, 0) is 43.5 Å². The first-order valence-electron chi connectivity index (χ1n) is 7.32. The molecule has 2 heteroatoms. The molecule has 2 aromatic carbocycles. The molecule has 0 saturated carbocycles. The molecule has 104 valence electrons. The number of fused-ring (bicyclic) bond motifs is 1. The van der Waals surface area contributed by atoms with Gasteiger partial charge in [-0.3, -0.25) is 0 Å². The zero-order valence-corrected chi connectivity index (χ0v) is 12.5. The van der Waals surface area contributed by atoms with E-state index in [0.717, 1.165) is 13.1 Å². The Hall–Kier alpha value is -1.80. The molecule has 0 aromatic heterocycles. The molecule has 0 spiro atoms. The molecule has 1 unspecified atom stereocenters. The van der Waals surface area contributed by atoms with Crippen molar-refractivity contribution < 1.29 is 0 Å². The standard InChI is InChI=1S/C18H22N2/c1-13-7-6-8-14(2)18(13)20-12-15(3)19-11-16-9-4-5-10-17(16)20/h4-10,15,19H,11-12H2,1-3H3. The lowest BCUT2D eigenvalue weighted by molar-refractivity contribution is 0.567. The number of benzene rings is 2. The fourth-order valence-corrected chi connectivity index (χ4v) is 3.09. The van der Waals surface area contributed by atoms with E-state index in [4.69, 9.17) is 0 Å². The fraction of sp³-hybridized carbons (Fsp3) is 0.333. The average Bonchev–Trinajstić information content (AvgIpc) is 2.59. The molecule has 2 nitrogen and oxygen atoms in total. The molecule has 0 radical (unpaired) electrons. The molecule has 0 amide bonds. The van der Waals surface area contributed by atoms with Crippen LogP contribution in [0.15, 0.2) is 42.5 Å². The maximum atomic E-state index is 3.60. The molecule has 0 saturated heterocycles. The van der Waals surface area contributed by atoms with Crippen molar-refractivity contribution in [2.45, 2.75) is 33.4 Å². The van der Waals surface area contributed by atoms with Crippen molar-refractivity contribution in [1.82, 2.24) is 5.32 Å². The molecule has 3 rings (SSSR count). The Morgan fingerprint density at radius 2 is 1.70 bits per heavy atom. The maximum absolute atomic E-state index is 3.60. The van der Waals surface area contributed by atoms with Crippen LogP contribution in [0.3, 0.4) is 0 Å². The summed E-state index contributed by atoms with van der Waals surface area (Å²) in [7, 11) is 0. The van der Waals surface area contributed by atoms with Gasteiger partial charge in [0.2, 0.25) is 0 Å². The molecule has 2 aromatic rings. The molecule has 0 bridgehead atoms. The molecule has 0 aliphatic carbocycles. The Morgan fingerprint density at radius 3 is 2.45 bits per heavy atom. The molecule has 20 heavy (non-hydrogen) atoms. The Balaban J connectivity index is 2.16. The summed E-state index contributed by atoms with van der Waals surface area (Å²) in [5.41, 5.74) is 6.75. The van der Waals surface area contributed by atoms with Gasteiger partial charge in [0.1, 0.15) is 0 Å². The summed E-state index contributed by atoms with van der Waals surface area (Å²) in [6, 6.07) is 15.7. The monoisotopic (exact) mass is 266 g/mol. The van der Waals surface area contributed by atoms with E-state index in [9.17, 15) is 0 Å². The average molecular weight is 266 g/mol. The lowest BCUT2D eigenvalue weighted by Crippen LogP contribution is -2.34. The third-order valence-corrected chi connectivity index (χ3v) is 4.09. The van der Waals surface area contributed by atoms with E-state index in [0.29, 0.717) is 6.04 Å². The van der Waals surface area contributed by atoms with E-state index in [1.165, 1.54) is 28.1 Å². The molecular formula is C18H22N2. The summed E-state index contributed by atoms with van der Waals surface area (Å²) < 4.78 is 0. The van der Waals surface area contributed by atoms with E-state index in [-0.39, 0.29) is 0 Å². The third kappa shape index (κ3) is 2.32. The molecule has 0 fully saturated rings. The predicted molar refractivity (Wildman–Crippen MR) is 85.7 cm³/mol. The minimum absolute atomic E-state index is 0.474. The predicted octanol–water partition coefficient (Wildman–Crippen LogP) is 3.93. The summed E-state index contributed by atoms with van der Waals surface area (Å²) in [4.78, 5) is 2.48. The molecule has 1 aliphatic rings. The number of hydrogen-bond donors (Lipinski definition) is 1. The second-order valence-electron chi connectivity index (χ2n) is 5.76. The van der Waals surface area contributed by atoms with Crippen LogP contribution >= 0.6 is 0 Å². The Bertz CT molecular complexity index is 598. The van der Waals surface area contributed by atoms with Crippen molar-refractivity contribution >= 4 is 11.4 Å². The number of nitrogens with zero attached hydrogens (tertiary/aromatic N) is 1. The smallest absolute Gasteiger partial charge is 0.0470 e. The van der Waals surface area contributed by atoms with Crippen LogP contribution in [0.25, 0.3) is 0 Å². The molecule has 1 atom stereocenters. The molecule has 1 N–H and O–H groups in total. The van der Waals surface area contributed by atoms with Crippen LogP contribution in [0, 0.1) is 13.8 Å². The zero-order valence-electron chi connectivity index (χ0n) is 12.5. The van der Waals surface area contributed by atoms with Crippen molar-refractivity contribution in [3.8, 4) is 0 Å². The van der Waals surface area contributed by atoms with Gasteiger partial charge in [-0.2, -0.15) is 0 Å². The summed E-state index contributed by atoms with van der Waals surface area (Å²) in [6.45, 7) is 8.61. The second-order valence-corrected chi connectivity index (χ2v) is 5.76. The first-order chi connectivity index (χ1) is 9.66. The van der Waals surface area contributed by atoms with E-state index in [1.807, 2.05) is 0 Å². The van der Waals surface area contributed by atoms with Gasteiger partial charge in [-0.25, -0.2) is 0 Å². The highest BCUT2D eigenvalue weighted by atomic mass is 15.2. The second kappa shape index (κ2) is 5.29. The fourth-order valence-electron chi connectivity index (χ4n) is 3.09. The summed E-state index contributed by atoms with van der Waals surface area (Å²) in [5.74, 6) is 0. The largest absolute Gasteiger partial charge is 0.339 e. The molecular weight excluding hydrogens is 244 g/mol. The summed E-state index contributed by atoms with van der Waals surface area (Å²) >= 11 is 0. The van der Waals surface area contributed by atoms with Crippen LogP contribution in [0.4, 0.5) is 11.4 Å². The van der Waals surface area contributed by atoms with Crippen molar-refractivity contribution in [2.24, 2.45) is 0 Å². The first-order valence-corrected chi connectivity index (χ1v) is 7.32. The third-order valence-electron chi connectivity index (χ3n) is 4.09.